The Hall–Kier alpha value is -1.66. The highest BCUT2D eigenvalue weighted by molar-refractivity contribution is 5.76. The molecule has 6 nitrogen and oxygen atoms in total. The van der Waals surface area contributed by atoms with Crippen molar-refractivity contribution in [2.45, 2.75) is 482 Å². The summed E-state index contributed by atoms with van der Waals surface area (Å²) in [7, 11) is 0. The Bertz CT molecular complexity index is 1400. The number of nitrogens with one attached hydrogen (secondary N) is 1. The Morgan fingerprint density at radius 2 is 0.562 bits per heavy atom. The number of hydrogen-bond donors (Lipinski definition) is 3. The predicted molar refractivity (Wildman–Crippen MR) is 393 cm³/mol. The fraction of sp³-hybridized carbons (Fsp3) is 0.928. The molecule has 0 aliphatic heterocycles. The first-order valence-corrected chi connectivity index (χ1v) is 41.1. The van der Waals surface area contributed by atoms with Gasteiger partial charge in [-0.05, 0) is 57.8 Å². The average molecular weight is 1250 g/mol. The molecule has 2 atom stereocenters. The number of carbonyl (C=O) groups excluding carboxylic acids is 2. The minimum atomic E-state index is -0.659. The van der Waals surface area contributed by atoms with Gasteiger partial charge in [-0.15, -0.1) is 0 Å². The van der Waals surface area contributed by atoms with Gasteiger partial charge in [0.1, 0.15) is 0 Å². The number of aliphatic hydroxyl groups excluding tert-OH is 2. The van der Waals surface area contributed by atoms with Crippen molar-refractivity contribution in [1.29, 1.82) is 0 Å². The van der Waals surface area contributed by atoms with E-state index in [1.807, 2.05) is 0 Å². The fourth-order valence-electron chi connectivity index (χ4n) is 13.3. The van der Waals surface area contributed by atoms with Gasteiger partial charge in [0.05, 0.1) is 25.4 Å². The zero-order valence-electron chi connectivity index (χ0n) is 60.7. The maximum atomic E-state index is 12.5. The third kappa shape index (κ3) is 75.3. The molecule has 6 heteroatoms. The van der Waals surface area contributed by atoms with Crippen LogP contribution in [0.1, 0.15) is 470 Å². The SMILES string of the molecule is CCCCC/C=C\C/C=C\CCCCCCCCCCCC(=O)OCCCCCCCCCCCCCCCCCCCCCCCCCCCCCCCCCCCCCCCCCC(=O)NC(CO)C(O)CCCCCCCCCCCCCCCC. The molecule has 0 aromatic carbocycles. The lowest BCUT2D eigenvalue weighted by molar-refractivity contribution is -0.143. The van der Waals surface area contributed by atoms with Gasteiger partial charge in [-0.25, -0.2) is 0 Å². The van der Waals surface area contributed by atoms with Crippen LogP contribution in [0.2, 0.25) is 0 Å². The van der Waals surface area contributed by atoms with Crippen LogP contribution in [0.15, 0.2) is 24.3 Å². The van der Waals surface area contributed by atoms with Crippen molar-refractivity contribution in [1.82, 2.24) is 5.32 Å². The maximum absolute atomic E-state index is 12.5. The molecule has 0 aromatic rings. The summed E-state index contributed by atoms with van der Waals surface area (Å²) in [5, 5.41) is 23.3. The van der Waals surface area contributed by atoms with Gasteiger partial charge >= 0.3 is 5.97 Å². The Morgan fingerprint density at radius 3 is 0.876 bits per heavy atom. The van der Waals surface area contributed by atoms with Gasteiger partial charge in [-0.2, -0.15) is 0 Å². The zero-order chi connectivity index (χ0) is 64.2. The molecule has 0 fully saturated rings. The second-order valence-electron chi connectivity index (χ2n) is 28.5. The summed E-state index contributed by atoms with van der Waals surface area (Å²) < 4.78 is 5.52. The summed E-state index contributed by atoms with van der Waals surface area (Å²) in [6.07, 6.45) is 102. The number of esters is 1. The van der Waals surface area contributed by atoms with Crippen molar-refractivity contribution in [3.63, 3.8) is 0 Å². The highest BCUT2D eigenvalue weighted by atomic mass is 16.5. The van der Waals surface area contributed by atoms with E-state index in [1.54, 1.807) is 0 Å². The van der Waals surface area contributed by atoms with E-state index in [4.69, 9.17) is 4.74 Å². The minimum Gasteiger partial charge on any atom is -0.466 e. The number of amides is 1. The normalized spacial score (nSPS) is 12.5. The molecule has 0 aromatic heterocycles. The lowest BCUT2D eigenvalue weighted by atomic mass is 10.0. The molecule has 0 bridgehead atoms. The van der Waals surface area contributed by atoms with E-state index in [0.717, 1.165) is 44.9 Å². The van der Waals surface area contributed by atoms with Crippen LogP contribution in [0.4, 0.5) is 0 Å². The third-order valence-electron chi connectivity index (χ3n) is 19.5. The van der Waals surface area contributed by atoms with Gasteiger partial charge < -0.3 is 20.3 Å². The number of rotatable bonds is 78. The molecular formula is C83H161NO5. The molecule has 0 rings (SSSR count). The number of ether oxygens (including phenoxy) is 1. The Kier molecular flexibility index (Phi) is 77.3. The van der Waals surface area contributed by atoms with Crippen LogP contribution in [-0.4, -0.2) is 47.4 Å². The number of allylic oxidation sites excluding steroid dienone is 4. The molecule has 528 valence electrons. The summed E-state index contributed by atoms with van der Waals surface area (Å²) in [5.74, 6) is -0.00426. The van der Waals surface area contributed by atoms with Gasteiger partial charge in [-0.1, -0.05) is 423 Å². The molecule has 1 amide bonds. The van der Waals surface area contributed by atoms with Crippen LogP contribution >= 0.6 is 0 Å². The van der Waals surface area contributed by atoms with E-state index in [9.17, 15) is 19.8 Å². The number of unbranched alkanes of at least 4 members (excludes halogenated alkanes) is 63. The third-order valence-corrected chi connectivity index (χ3v) is 19.5. The first-order chi connectivity index (χ1) is 44.0. The summed E-state index contributed by atoms with van der Waals surface area (Å²) >= 11 is 0. The summed E-state index contributed by atoms with van der Waals surface area (Å²) in [5.41, 5.74) is 0. The van der Waals surface area contributed by atoms with E-state index in [0.29, 0.717) is 25.9 Å². The average Bonchev–Trinajstić information content (AvgIpc) is 3.68. The summed E-state index contributed by atoms with van der Waals surface area (Å²) in [6.45, 7) is 4.97. The number of hydrogen-bond acceptors (Lipinski definition) is 5. The Labute approximate surface area is 558 Å². The monoisotopic (exact) mass is 1250 g/mol. The maximum Gasteiger partial charge on any atom is 0.305 e. The molecule has 0 aliphatic rings. The van der Waals surface area contributed by atoms with Crippen molar-refractivity contribution >= 4 is 11.9 Å². The molecular weight excluding hydrogens is 1090 g/mol. The van der Waals surface area contributed by atoms with Gasteiger partial charge in [0.15, 0.2) is 0 Å². The van der Waals surface area contributed by atoms with Gasteiger partial charge in [0, 0.05) is 12.8 Å². The predicted octanol–water partition coefficient (Wildman–Crippen LogP) is 27.2. The topological polar surface area (TPSA) is 95.9 Å². The first kappa shape index (κ1) is 87.3. The van der Waals surface area contributed by atoms with Crippen molar-refractivity contribution < 1.29 is 24.5 Å². The van der Waals surface area contributed by atoms with Crippen LogP contribution in [-0.2, 0) is 14.3 Å². The molecule has 0 radical (unpaired) electrons. The van der Waals surface area contributed by atoms with E-state index in [2.05, 4.69) is 43.5 Å². The van der Waals surface area contributed by atoms with Gasteiger partial charge in [0.25, 0.3) is 0 Å². The van der Waals surface area contributed by atoms with E-state index < -0.39 is 12.1 Å². The largest absolute Gasteiger partial charge is 0.466 e. The van der Waals surface area contributed by atoms with Crippen LogP contribution < -0.4 is 5.32 Å². The summed E-state index contributed by atoms with van der Waals surface area (Å²) in [4.78, 5) is 24.6. The van der Waals surface area contributed by atoms with Gasteiger partial charge in [0.2, 0.25) is 5.91 Å². The van der Waals surface area contributed by atoms with Crippen molar-refractivity contribution in [3.05, 3.63) is 24.3 Å². The van der Waals surface area contributed by atoms with Crippen molar-refractivity contribution in [2.75, 3.05) is 13.2 Å². The molecule has 0 saturated heterocycles. The molecule has 2 unspecified atom stereocenters. The number of carbonyl (C=O) groups is 2. The molecule has 0 saturated carbocycles. The lowest BCUT2D eigenvalue weighted by Crippen LogP contribution is -2.45. The molecule has 89 heavy (non-hydrogen) atoms. The first-order valence-electron chi connectivity index (χ1n) is 41.1. The lowest BCUT2D eigenvalue weighted by Gasteiger charge is -2.22. The zero-order valence-corrected chi connectivity index (χ0v) is 60.7. The smallest absolute Gasteiger partial charge is 0.305 e. The van der Waals surface area contributed by atoms with Crippen LogP contribution in [0.5, 0.6) is 0 Å². The Morgan fingerprint density at radius 1 is 0.315 bits per heavy atom. The van der Waals surface area contributed by atoms with Crippen LogP contribution in [0.3, 0.4) is 0 Å². The second kappa shape index (κ2) is 78.8. The van der Waals surface area contributed by atoms with E-state index >= 15 is 0 Å². The van der Waals surface area contributed by atoms with Gasteiger partial charge in [-0.3, -0.25) is 9.59 Å². The highest BCUT2D eigenvalue weighted by Crippen LogP contribution is 2.21. The second-order valence-corrected chi connectivity index (χ2v) is 28.5. The molecule has 3 N–H and O–H groups in total. The fourth-order valence-corrected chi connectivity index (χ4v) is 13.3. The van der Waals surface area contributed by atoms with Crippen molar-refractivity contribution in [2.24, 2.45) is 0 Å². The highest BCUT2D eigenvalue weighted by Gasteiger charge is 2.20. The molecule has 0 heterocycles. The van der Waals surface area contributed by atoms with E-state index in [-0.39, 0.29) is 18.5 Å². The van der Waals surface area contributed by atoms with E-state index in [1.165, 1.54) is 392 Å². The quantitative estimate of drug-likeness (QED) is 0.0320. The standard InChI is InChI=1S/C83H161NO5/c1-3-5-7-9-11-13-15-17-19-20-42-46-49-53-57-61-65-69-73-77-83(88)89-78-74-70-66-62-58-54-50-47-44-41-39-37-35-33-31-29-27-25-23-21-22-24-26-28-30-32-34-36-38-40-43-45-48-52-56-60-64-68-72-76-82(87)84-80(79-85)81(86)75-71-67-63-59-55-51-18-16-14-12-10-8-6-4-2/h11,13,17,19,80-81,85-86H,3-10,12,14-16,18,20-79H2,1-2H3,(H,84,87)/b13-11-,19-17-. The van der Waals surface area contributed by atoms with Crippen LogP contribution in [0.25, 0.3) is 0 Å². The molecule has 0 aliphatic carbocycles. The van der Waals surface area contributed by atoms with Crippen molar-refractivity contribution in [3.8, 4) is 0 Å². The molecule has 0 spiro atoms. The summed E-state index contributed by atoms with van der Waals surface area (Å²) in [6, 6.07) is -0.536. The Balaban J connectivity index is 3.27. The van der Waals surface area contributed by atoms with Crippen LogP contribution in [0, 0.1) is 0 Å². The number of aliphatic hydroxyl groups is 2. The minimum absolute atomic E-state index is 0.0212.